The molecule has 0 aromatic rings. The predicted octanol–water partition coefficient (Wildman–Crippen LogP) is 1.13. The van der Waals surface area contributed by atoms with Gasteiger partial charge in [0.25, 0.3) is 0 Å². The molecule has 2 amide bonds. The minimum atomic E-state index is -4.99. The highest BCUT2D eigenvalue weighted by molar-refractivity contribution is 5.87. The molecule has 124 valence electrons. The lowest BCUT2D eigenvalue weighted by Crippen LogP contribution is -2.43. The van der Waals surface area contributed by atoms with Gasteiger partial charge in [-0.25, -0.2) is 0 Å². The largest absolute Gasteiger partial charge is 0.471 e. The quantitative estimate of drug-likeness (QED) is 0.569. The molecule has 0 bridgehead atoms. The highest BCUT2D eigenvalue weighted by Gasteiger charge is 2.38. The average Bonchev–Trinajstić information content (AvgIpc) is 2.41. The van der Waals surface area contributed by atoms with Crippen molar-refractivity contribution in [2.45, 2.75) is 44.4 Å². The first kappa shape index (κ1) is 18.3. The van der Waals surface area contributed by atoms with Crippen LogP contribution in [0.5, 0.6) is 0 Å². The summed E-state index contributed by atoms with van der Waals surface area (Å²) in [5, 5.41) is 3.85. The topological polar surface area (TPSA) is 67.4 Å². The molecule has 0 saturated carbocycles. The van der Waals surface area contributed by atoms with Crippen molar-refractivity contribution in [2.24, 2.45) is 0 Å². The standard InChI is InChI=1S/C14H19F3N2O3/c15-14(16,17)13(21)19-10-12(20)18-8-9-22-11-6-4-2-1-3-5-7-11/h11H,1-4,6,8-10H2,(H,18,20)(H,19,21). The molecule has 5 nitrogen and oxygen atoms in total. The summed E-state index contributed by atoms with van der Waals surface area (Å²) < 4.78 is 41.2. The van der Waals surface area contributed by atoms with Crippen LogP contribution in [0.15, 0.2) is 0 Å². The van der Waals surface area contributed by atoms with Gasteiger partial charge in [-0.2, -0.15) is 13.2 Å². The summed E-state index contributed by atoms with van der Waals surface area (Å²) in [6.07, 6.45) is -0.209. The summed E-state index contributed by atoms with van der Waals surface area (Å²) >= 11 is 0. The van der Waals surface area contributed by atoms with E-state index in [0.29, 0.717) is 0 Å². The molecular formula is C14H19F3N2O3. The Morgan fingerprint density at radius 3 is 2.68 bits per heavy atom. The van der Waals surface area contributed by atoms with E-state index in [2.05, 4.69) is 17.2 Å². The van der Waals surface area contributed by atoms with Crippen LogP contribution in [0.1, 0.15) is 32.1 Å². The van der Waals surface area contributed by atoms with Crippen molar-refractivity contribution in [3.05, 3.63) is 0 Å². The number of amides is 2. The van der Waals surface area contributed by atoms with Gasteiger partial charge in [0.1, 0.15) is 6.10 Å². The fraction of sp³-hybridized carbons (Fsp3) is 0.714. The Bertz CT molecular complexity index is 441. The number of hydrogen-bond donors (Lipinski definition) is 2. The molecule has 2 N–H and O–H groups in total. The van der Waals surface area contributed by atoms with Gasteiger partial charge >= 0.3 is 12.1 Å². The van der Waals surface area contributed by atoms with E-state index in [1.165, 1.54) is 5.32 Å². The van der Waals surface area contributed by atoms with E-state index < -0.39 is 24.5 Å². The first-order valence-electron chi connectivity index (χ1n) is 7.11. The first-order valence-corrected chi connectivity index (χ1v) is 7.11. The summed E-state index contributed by atoms with van der Waals surface area (Å²) in [4.78, 5) is 21.8. The van der Waals surface area contributed by atoms with Crippen molar-refractivity contribution in [1.82, 2.24) is 10.6 Å². The molecule has 1 aliphatic carbocycles. The molecule has 0 aliphatic heterocycles. The smallest absolute Gasteiger partial charge is 0.364 e. The van der Waals surface area contributed by atoms with Gasteiger partial charge in [0, 0.05) is 13.0 Å². The normalized spacial score (nSPS) is 18.4. The molecule has 0 fully saturated rings. The highest BCUT2D eigenvalue weighted by atomic mass is 19.4. The lowest BCUT2D eigenvalue weighted by atomic mass is 10.1. The van der Waals surface area contributed by atoms with Gasteiger partial charge in [0.15, 0.2) is 0 Å². The van der Waals surface area contributed by atoms with E-state index in [4.69, 9.17) is 4.74 Å². The Morgan fingerprint density at radius 2 is 1.95 bits per heavy atom. The monoisotopic (exact) mass is 320 g/mol. The van der Waals surface area contributed by atoms with Crippen molar-refractivity contribution in [3.63, 3.8) is 0 Å². The van der Waals surface area contributed by atoms with Gasteiger partial charge in [-0.15, -0.1) is 5.92 Å². The summed E-state index contributed by atoms with van der Waals surface area (Å²) in [6.45, 7) is -0.348. The second kappa shape index (κ2) is 9.30. The van der Waals surface area contributed by atoms with Gasteiger partial charge in [-0.05, 0) is 19.3 Å². The van der Waals surface area contributed by atoms with Crippen LogP contribution in [-0.2, 0) is 14.3 Å². The average molecular weight is 320 g/mol. The zero-order valence-electron chi connectivity index (χ0n) is 12.1. The second-order valence-corrected chi connectivity index (χ2v) is 4.81. The number of carbonyl (C=O) groups excluding carboxylic acids is 2. The predicted molar refractivity (Wildman–Crippen MR) is 72.7 cm³/mol. The Kier molecular flexibility index (Phi) is 7.74. The Hall–Kier alpha value is -1.75. The van der Waals surface area contributed by atoms with Crippen LogP contribution < -0.4 is 10.6 Å². The van der Waals surface area contributed by atoms with Crippen molar-refractivity contribution in [3.8, 4) is 11.8 Å². The van der Waals surface area contributed by atoms with E-state index in [1.54, 1.807) is 0 Å². The summed E-state index contributed by atoms with van der Waals surface area (Å²) in [6, 6.07) is 0. The lowest BCUT2D eigenvalue weighted by molar-refractivity contribution is -0.173. The molecular weight excluding hydrogens is 301 g/mol. The molecule has 1 aliphatic rings. The summed E-state index contributed by atoms with van der Waals surface area (Å²) in [5.41, 5.74) is 0. The number of halogens is 3. The maximum absolute atomic E-state index is 11.9. The number of ether oxygens (including phenoxy) is 1. The van der Waals surface area contributed by atoms with Crippen LogP contribution in [-0.4, -0.2) is 43.8 Å². The molecule has 0 heterocycles. The number of rotatable bonds is 6. The highest BCUT2D eigenvalue weighted by Crippen LogP contribution is 2.13. The number of carbonyl (C=O) groups is 2. The second-order valence-electron chi connectivity index (χ2n) is 4.81. The van der Waals surface area contributed by atoms with E-state index >= 15 is 0 Å². The fourth-order valence-electron chi connectivity index (χ4n) is 1.82. The molecule has 0 aromatic heterocycles. The molecule has 0 spiro atoms. The zero-order valence-corrected chi connectivity index (χ0v) is 12.1. The van der Waals surface area contributed by atoms with Gasteiger partial charge in [-0.3, -0.25) is 9.59 Å². The van der Waals surface area contributed by atoms with Crippen molar-refractivity contribution in [1.29, 1.82) is 0 Å². The van der Waals surface area contributed by atoms with Crippen LogP contribution >= 0.6 is 0 Å². The lowest BCUT2D eigenvalue weighted by Gasteiger charge is -2.14. The summed E-state index contributed by atoms with van der Waals surface area (Å²) in [5.74, 6) is 3.18. The third-order valence-electron chi connectivity index (χ3n) is 2.94. The van der Waals surface area contributed by atoms with Gasteiger partial charge in [0.05, 0.1) is 13.2 Å². The van der Waals surface area contributed by atoms with Gasteiger partial charge < -0.3 is 15.4 Å². The number of nitrogens with one attached hydrogen (secondary N) is 2. The van der Waals surface area contributed by atoms with Crippen LogP contribution in [0, 0.1) is 11.8 Å². The Labute approximate surface area is 127 Å². The van der Waals surface area contributed by atoms with Crippen molar-refractivity contribution >= 4 is 11.8 Å². The Morgan fingerprint density at radius 1 is 1.18 bits per heavy atom. The SMILES string of the molecule is O=C(CNC(=O)C(F)(F)F)NCCOC1C#CCCCCC1. The third-order valence-corrected chi connectivity index (χ3v) is 2.94. The number of alkyl halides is 3. The van der Waals surface area contributed by atoms with Gasteiger partial charge in [-0.1, -0.05) is 12.3 Å². The molecule has 8 heteroatoms. The van der Waals surface area contributed by atoms with Crippen LogP contribution in [0.2, 0.25) is 0 Å². The fourth-order valence-corrected chi connectivity index (χ4v) is 1.82. The Balaban J connectivity index is 2.13. The van der Waals surface area contributed by atoms with Crippen molar-refractivity contribution < 1.29 is 27.5 Å². The van der Waals surface area contributed by atoms with E-state index in [1.807, 2.05) is 0 Å². The van der Waals surface area contributed by atoms with Crippen LogP contribution in [0.4, 0.5) is 13.2 Å². The molecule has 0 radical (unpaired) electrons. The minimum absolute atomic E-state index is 0.152. The maximum atomic E-state index is 11.9. The first-order chi connectivity index (χ1) is 10.4. The number of hydrogen-bond acceptors (Lipinski definition) is 3. The van der Waals surface area contributed by atoms with Gasteiger partial charge in [0.2, 0.25) is 5.91 Å². The van der Waals surface area contributed by atoms with Crippen LogP contribution in [0.3, 0.4) is 0 Å². The molecule has 1 unspecified atom stereocenters. The minimum Gasteiger partial charge on any atom is -0.364 e. The molecule has 0 aromatic carbocycles. The molecule has 1 atom stereocenters. The molecule has 0 saturated heterocycles. The van der Waals surface area contributed by atoms with Crippen molar-refractivity contribution in [2.75, 3.05) is 19.7 Å². The van der Waals surface area contributed by atoms with Crippen LogP contribution in [0.25, 0.3) is 0 Å². The molecule has 1 rings (SSSR count). The third kappa shape index (κ3) is 7.88. The zero-order chi connectivity index (χ0) is 16.4. The van der Waals surface area contributed by atoms with E-state index in [9.17, 15) is 22.8 Å². The summed E-state index contributed by atoms with van der Waals surface area (Å²) in [7, 11) is 0. The van der Waals surface area contributed by atoms with E-state index in [0.717, 1.165) is 32.1 Å². The maximum Gasteiger partial charge on any atom is 0.471 e. The van der Waals surface area contributed by atoms with E-state index in [-0.39, 0.29) is 19.3 Å². The molecule has 22 heavy (non-hydrogen) atoms.